The number of aldehydes is 1. The van der Waals surface area contributed by atoms with Gasteiger partial charge < -0.3 is 9.90 Å². The van der Waals surface area contributed by atoms with Crippen LogP contribution in [-0.2, 0) is 15.2 Å². The van der Waals surface area contributed by atoms with Crippen LogP contribution in [0.1, 0.15) is 6.92 Å². The summed E-state index contributed by atoms with van der Waals surface area (Å²) in [6, 6.07) is 0. The van der Waals surface area contributed by atoms with Gasteiger partial charge in [0, 0.05) is 0 Å². The van der Waals surface area contributed by atoms with Crippen molar-refractivity contribution in [1.82, 2.24) is 0 Å². The maximum atomic E-state index is 8.81. The molecule has 0 rings (SSSR count). The van der Waals surface area contributed by atoms with Gasteiger partial charge in [0.1, 0.15) is 6.29 Å². The monoisotopic (exact) mass is 200 g/mol. The standard InChI is InChI=1S/C3H6O.C2H4O.H2O4S/c1-2-3-4;1-2-3;1-5(2,3)4/h2,4H,1,3H2;2H,1H3;(H2,1,2,3,4). The summed E-state index contributed by atoms with van der Waals surface area (Å²) < 4.78 is 31.6. The predicted octanol–water partition coefficient (Wildman–Crippen LogP) is -0.283. The lowest BCUT2D eigenvalue weighted by atomic mass is 10.7. The molecule has 0 aromatic heterocycles. The van der Waals surface area contributed by atoms with E-state index in [1.807, 2.05) is 0 Å². The van der Waals surface area contributed by atoms with E-state index < -0.39 is 10.4 Å². The van der Waals surface area contributed by atoms with Gasteiger partial charge in [-0.25, -0.2) is 0 Å². The molecule has 0 saturated carbocycles. The minimum atomic E-state index is -4.67. The minimum Gasteiger partial charge on any atom is -0.392 e. The van der Waals surface area contributed by atoms with Crippen molar-refractivity contribution >= 4 is 16.7 Å². The molecule has 0 heterocycles. The van der Waals surface area contributed by atoms with Gasteiger partial charge in [0.2, 0.25) is 0 Å². The molecule has 0 fully saturated rings. The largest absolute Gasteiger partial charge is 0.394 e. The number of rotatable bonds is 1. The van der Waals surface area contributed by atoms with Crippen molar-refractivity contribution in [1.29, 1.82) is 0 Å². The fourth-order valence-corrected chi connectivity index (χ4v) is 0. The van der Waals surface area contributed by atoms with Crippen LogP contribution in [0.15, 0.2) is 12.7 Å². The number of carbonyl (C=O) groups is 1. The predicted molar refractivity (Wildman–Crippen MR) is 43.2 cm³/mol. The molecule has 6 nitrogen and oxygen atoms in total. The molecule has 0 amide bonds. The molecule has 7 heteroatoms. The average molecular weight is 200 g/mol. The van der Waals surface area contributed by atoms with Gasteiger partial charge in [-0.2, -0.15) is 8.42 Å². The summed E-state index contributed by atoms with van der Waals surface area (Å²) in [7, 11) is -4.67. The Morgan fingerprint density at radius 2 is 1.50 bits per heavy atom. The fraction of sp³-hybridized carbons (Fsp3) is 0.400. The second-order valence-corrected chi connectivity index (χ2v) is 2.05. The van der Waals surface area contributed by atoms with Crippen LogP contribution in [0.2, 0.25) is 0 Å². The van der Waals surface area contributed by atoms with Crippen molar-refractivity contribution < 1.29 is 27.4 Å². The molecular formula is C5H12O6S. The smallest absolute Gasteiger partial charge is 0.392 e. The Balaban J connectivity index is -0.000000105. The van der Waals surface area contributed by atoms with Gasteiger partial charge in [0.15, 0.2) is 0 Å². The highest BCUT2D eigenvalue weighted by Gasteiger charge is 1.84. The van der Waals surface area contributed by atoms with E-state index in [2.05, 4.69) is 6.58 Å². The highest BCUT2D eigenvalue weighted by Crippen LogP contribution is 1.59. The summed E-state index contributed by atoms with van der Waals surface area (Å²) in [4.78, 5) is 8.81. The van der Waals surface area contributed by atoms with E-state index in [0.717, 1.165) is 6.29 Å². The van der Waals surface area contributed by atoms with Gasteiger partial charge in [-0.1, -0.05) is 6.08 Å². The average Bonchev–Trinajstić information content (AvgIpc) is 1.85. The van der Waals surface area contributed by atoms with Crippen molar-refractivity contribution in [2.45, 2.75) is 6.92 Å². The fourth-order valence-electron chi connectivity index (χ4n) is 0. The maximum Gasteiger partial charge on any atom is 0.394 e. The molecule has 0 aromatic rings. The molecule has 12 heavy (non-hydrogen) atoms. The first kappa shape index (κ1) is 17.4. The quantitative estimate of drug-likeness (QED) is 0.305. The molecule has 3 N–H and O–H groups in total. The molecule has 0 bridgehead atoms. The third-order valence-corrected chi connectivity index (χ3v) is 0.129. The van der Waals surface area contributed by atoms with Crippen LogP contribution in [0.25, 0.3) is 0 Å². The van der Waals surface area contributed by atoms with E-state index in [1.165, 1.54) is 13.0 Å². The van der Waals surface area contributed by atoms with Gasteiger partial charge >= 0.3 is 10.4 Å². The van der Waals surface area contributed by atoms with E-state index in [1.54, 1.807) is 0 Å². The van der Waals surface area contributed by atoms with Crippen LogP contribution in [-0.4, -0.2) is 35.5 Å². The van der Waals surface area contributed by atoms with Gasteiger partial charge in [0.25, 0.3) is 0 Å². The van der Waals surface area contributed by atoms with Gasteiger partial charge in [-0.15, -0.1) is 6.58 Å². The molecule has 0 aliphatic carbocycles. The van der Waals surface area contributed by atoms with Gasteiger partial charge in [0.05, 0.1) is 6.61 Å². The molecule has 74 valence electrons. The second-order valence-electron chi connectivity index (χ2n) is 1.15. The highest BCUT2D eigenvalue weighted by atomic mass is 32.3. The molecule has 0 aliphatic heterocycles. The molecule has 0 radical (unpaired) electrons. The minimum absolute atomic E-state index is 0.0833. The lowest BCUT2D eigenvalue weighted by molar-refractivity contribution is -0.106. The number of carbonyl (C=O) groups excluding carboxylic acids is 1. The van der Waals surface area contributed by atoms with E-state index in [9.17, 15) is 0 Å². The summed E-state index contributed by atoms with van der Waals surface area (Å²) in [5.41, 5.74) is 0. The SMILES string of the molecule is C=CCO.CC=O.O=S(=O)(O)O. The molecule has 0 atom stereocenters. The third-order valence-electron chi connectivity index (χ3n) is 0.129. The van der Waals surface area contributed by atoms with Crippen LogP contribution in [0.3, 0.4) is 0 Å². The number of hydrogen-bond donors (Lipinski definition) is 3. The number of aliphatic hydroxyl groups excluding tert-OH is 1. The van der Waals surface area contributed by atoms with Crippen molar-refractivity contribution in [3.63, 3.8) is 0 Å². The van der Waals surface area contributed by atoms with Crippen molar-refractivity contribution in [3.8, 4) is 0 Å². The Bertz CT molecular complexity index is 174. The summed E-state index contributed by atoms with van der Waals surface area (Å²) in [6.07, 6.45) is 2.18. The molecular weight excluding hydrogens is 188 g/mol. The van der Waals surface area contributed by atoms with E-state index in [0.29, 0.717) is 0 Å². The highest BCUT2D eigenvalue weighted by molar-refractivity contribution is 7.79. The Kier molecular flexibility index (Phi) is 18.6. The van der Waals surface area contributed by atoms with Crippen LogP contribution >= 0.6 is 0 Å². The first-order valence-electron chi connectivity index (χ1n) is 2.64. The van der Waals surface area contributed by atoms with Crippen LogP contribution < -0.4 is 0 Å². The summed E-state index contributed by atoms with van der Waals surface area (Å²) in [6.45, 7) is 4.76. The number of aliphatic hydroxyl groups is 1. The van der Waals surface area contributed by atoms with E-state index in [4.69, 9.17) is 27.4 Å². The molecule has 0 aliphatic rings. The molecule has 0 unspecified atom stereocenters. The first-order valence-corrected chi connectivity index (χ1v) is 4.04. The Morgan fingerprint density at radius 3 is 1.50 bits per heavy atom. The Labute approximate surface area is 71.1 Å². The van der Waals surface area contributed by atoms with Crippen LogP contribution in [0.4, 0.5) is 0 Å². The summed E-state index contributed by atoms with van der Waals surface area (Å²) >= 11 is 0. The Morgan fingerprint density at radius 1 is 1.42 bits per heavy atom. The van der Waals surface area contributed by atoms with E-state index >= 15 is 0 Å². The Hall–Kier alpha value is -0.760. The lowest BCUT2D eigenvalue weighted by Crippen LogP contribution is -1.89. The van der Waals surface area contributed by atoms with E-state index in [-0.39, 0.29) is 6.61 Å². The van der Waals surface area contributed by atoms with Crippen LogP contribution in [0.5, 0.6) is 0 Å². The zero-order valence-corrected chi connectivity index (χ0v) is 7.36. The van der Waals surface area contributed by atoms with Gasteiger partial charge in [-0.3, -0.25) is 9.11 Å². The van der Waals surface area contributed by atoms with Crippen LogP contribution in [0, 0.1) is 0 Å². The number of hydrogen-bond acceptors (Lipinski definition) is 4. The summed E-state index contributed by atoms with van der Waals surface area (Å²) in [5, 5.41) is 7.76. The van der Waals surface area contributed by atoms with Crippen molar-refractivity contribution in [2.75, 3.05) is 6.61 Å². The topological polar surface area (TPSA) is 112 Å². The lowest BCUT2D eigenvalue weighted by Gasteiger charge is -1.68. The molecule has 0 spiro atoms. The van der Waals surface area contributed by atoms with Crippen molar-refractivity contribution in [3.05, 3.63) is 12.7 Å². The first-order chi connectivity index (χ1) is 5.33. The zero-order chi connectivity index (χ0) is 10.6. The zero-order valence-electron chi connectivity index (χ0n) is 6.54. The second kappa shape index (κ2) is 12.9. The van der Waals surface area contributed by atoms with Gasteiger partial charge in [-0.05, 0) is 6.92 Å². The van der Waals surface area contributed by atoms with Crippen molar-refractivity contribution in [2.24, 2.45) is 0 Å². The maximum absolute atomic E-state index is 8.81. The normalized spacial score (nSPS) is 8.00. The molecule has 0 aromatic carbocycles. The molecule has 0 saturated heterocycles. The summed E-state index contributed by atoms with van der Waals surface area (Å²) in [5.74, 6) is 0. The third kappa shape index (κ3) is 10900.